The molecular formula is C24H29NO7. The van der Waals surface area contributed by atoms with E-state index in [-0.39, 0.29) is 19.8 Å². The second-order valence-corrected chi connectivity index (χ2v) is 8.36. The molecule has 4 rings (SSSR count). The highest BCUT2D eigenvalue weighted by molar-refractivity contribution is 5.67. The highest BCUT2D eigenvalue weighted by Gasteiger charge is 2.51. The zero-order chi connectivity index (χ0) is 22.6. The Balaban J connectivity index is 1.44. The van der Waals surface area contributed by atoms with Gasteiger partial charge in [0.25, 0.3) is 0 Å². The van der Waals surface area contributed by atoms with Gasteiger partial charge >= 0.3 is 6.09 Å². The van der Waals surface area contributed by atoms with Crippen LogP contribution in [0.3, 0.4) is 0 Å². The summed E-state index contributed by atoms with van der Waals surface area (Å²) in [5.74, 6) is -0.873. The Morgan fingerprint density at radius 2 is 1.69 bits per heavy atom. The zero-order valence-corrected chi connectivity index (χ0v) is 18.2. The van der Waals surface area contributed by atoms with Crippen molar-refractivity contribution in [1.82, 2.24) is 5.32 Å². The molecule has 0 radical (unpaired) electrons. The number of aliphatic hydroxyl groups excluding tert-OH is 1. The van der Waals surface area contributed by atoms with E-state index in [0.717, 1.165) is 11.1 Å². The Kier molecular flexibility index (Phi) is 7.07. The number of amides is 1. The van der Waals surface area contributed by atoms with Crippen molar-refractivity contribution in [3.8, 4) is 0 Å². The lowest BCUT2D eigenvalue weighted by Crippen LogP contribution is -2.68. The Morgan fingerprint density at radius 1 is 1.06 bits per heavy atom. The highest BCUT2D eigenvalue weighted by atomic mass is 16.8. The minimum Gasteiger partial charge on any atom is -0.445 e. The van der Waals surface area contributed by atoms with Gasteiger partial charge < -0.3 is 34.1 Å². The Labute approximate surface area is 187 Å². The van der Waals surface area contributed by atoms with Gasteiger partial charge in [0.1, 0.15) is 31.0 Å². The van der Waals surface area contributed by atoms with Gasteiger partial charge in [0.05, 0.1) is 13.2 Å². The van der Waals surface area contributed by atoms with Crippen LogP contribution in [0.2, 0.25) is 0 Å². The van der Waals surface area contributed by atoms with E-state index < -0.39 is 42.5 Å². The van der Waals surface area contributed by atoms with Gasteiger partial charge in [-0.25, -0.2) is 4.79 Å². The molecule has 0 bridgehead atoms. The SMILES string of the molecule is CC1(C)OC[C@H]2O[C@H](OCc3ccccc3)[C@H](NC(=O)OCc3ccccc3)[C@@H](O)[C@@H]2O1. The third kappa shape index (κ3) is 5.65. The Morgan fingerprint density at radius 3 is 2.34 bits per heavy atom. The van der Waals surface area contributed by atoms with Crippen molar-refractivity contribution in [2.24, 2.45) is 0 Å². The molecule has 2 heterocycles. The molecule has 0 aromatic heterocycles. The number of ether oxygens (including phenoxy) is 5. The molecule has 2 fully saturated rings. The monoisotopic (exact) mass is 443 g/mol. The summed E-state index contributed by atoms with van der Waals surface area (Å²) < 4.78 is 28.9. The van der Waals surface area contributed by atoms with E-state index in [9.17, 15) is 9.90 Å². The van der Waals surface area contributed by atoms with Crippen molar-refractivity contribution in [2.45, 2.75) is 63.5 Å². The highest BCUT2D eigenvalue weighted by Crippen LogP contribution is 2.33. The second-order valence-electron chi connectivity index (χ2n) is 8.36. The number of aliphatic hydroxyl groups is 1. The summed E-state index contributed by atoms with van der Waals surface area (Å²) >= 11 is 0. The number of rotatable bonds is 6. The predicted octanol–water partition coefficient (Wildman–Crippen LogP) is 2.74. The summed E-state index contributed by atoms with van der Waals surface area (Å²) in [6, 6.07) is 18.0. The lowest BCUT2D eigenvalue weighted by Gasteiger charge is -2.49. The van der Waals surface area contributed by atoms with Crippen LogP contribution in [-0.4, -0.2) is 54.2 Å². The lowest BCUT2D eigenvalue weighted by molar-refractivity contribution is -0.369. The summed E-state index contributed by atoms with van der Waals surface area (Å²) in [7, 11) is 0. The molecule has 172 valence electrons. The van der Waals surface area contributed by atoms with Crippen LogP contribution in [0.4, 0.5) is 4.79 Å². The van der Waals surface area contributed by atoms with Gasteiger partial charge in [-0.15, -0.1) is 0 Å². The van der Waals surface area contributed by atoms with Gasteiger partial charge in [-0.1, -0.05) is 60.7 Å². The van der Waals surface area contributed by atoms with E-state index in [2.05, 4.69) is 5.32 Å². The van der Waals surface area contributed by atoms with Crippen LogP contribution in [-0.2, 0) is 36.9 Å². The predicted molar refractivity (Wildman–Crippen MR) is 114 cm³/mol. The number of benzene rings is 2. The summed E-state index contributed by atoms with van der Waals surface area (Å²) in [6.07, 6.45) is -3.89. The molecule has 8 nitrogen and oxygen atoms in total. The standard InChI is InChI=1S/C24H29NO7/c1-24(2)30-15-18-21(32-24)20(26)19(22(31-18)28-13-16-9-5-3-6-10-16)25-23(27)29-14-17-11-7-4-8-12-17/h3-12,18-22,26H,13-15H2,1-2H3,(H,25,27)/t18-,19-,20-,21-,22+/m1/s1. The molecule has 2 aliphatic heterocycles. The molecule has 2 aromatic rings. The first kappa shape index (κ1) is 22.7. The first-order valence-electron chi connectivity index (χ1n) is 10.7. The van der Waals surface area contributed by atoms with Crippen LogP contribution in [0.15, 0.2) is 60.7 Å². The number of alkyl carbamates (subject to hydrolysis) is 1. The van der Waals surface area contributed by atoms with Crippen LogP contribution in [0.5, 0.6) is 0 Å². The molecule has 5 atom stereocenters. The first-order chi connectivity index (χ1) is 15.4. The Bertz CT molecular complexity index is 876. The van der Waals surface area contributed by atoms with Crippen molar-refractivity contribution in [1.29, 1.82) is 0 Å². The third-order valence-corrected chi connectivity index (χ3v) is 5.44. The summed E-state index contributed by atoms with van der Waals surface area (Å²) in [6.45, 7) is 4.13. The smallest absolute Gasteiger partial charge is 0.407 e. The molecular weight excluding hydrogens is 414 g/mol. The molecule has 2 aliphatic rings. The third-order valence-electron chi connectivity index (χ3n) is 5.44. The topological polar surface area (TPSA) is 95.5 Å². The molecule has 0 saturated carbocycles. The van der Waals surface area contributed by atoms with Crippen LogP contribution in [0.1, 0.15) is 25.0 Å². The van der Waals surface area contributed by atoms with Gasteiger partial charge in [-0.2, -0.15) is 0 Å². The van der Waals surface area contributed by atoms with E-state index >= 15 is 0 Å². The quantitative estimate of drug-likeness (QED) is 0.709. The first-order valence-corrected chi connectivity index (χ1v) is 10.7. The van der Waals surface area contributed by atoms with Gasteiger partial charge in [0.2, 0.25) is 0 Å². The summed E-state index contributed by atoms with van der Waals surface area (Å²) in [5.41, 5.74) is 1.80. The van der Waals surface area contributed by atoms with E-state index in [1.54, 1.807) is 13.8 Å². The number of carbonyl (C=O) groups excluding carboxylic acids is 1. The van der Waals surface area contributed by atoms with Gasteiger partial charge in [0, 0.05) is 0 Å². The van der Waals surface area contributed by atoms with Crippen LogP contribution >= 0.6 is 0 Å². The fourth-order valence-corrected chi connectivity index (χ4v) is 3.79. The largest absolute Gasteiger partial charge is 0.445 e. The van der Waals surface area contributed by atoms with Crippen LogP contribution in [0, 0.1) is 0 Å². The molecule has 0 unspecified atom stereocenters. The number of fused-ring (bicyclic) bond motifs is 1. The minimum absolute atomic E-state index is 0.106. The minimum atomic E-state index is -1.08. The summed E-state index contributed by atoms with van der Waals surface area (Å²) in [4.78, 5) is 12.5. The zero-order valence-electron chi connectivity index (χ0n) is 18.2. The van der Waals surface area contributed by atoms with Crippen molar-refractivity contribution in [2.75, 3.05) is 6.61 Å². The second kappa shape index (κ2) is 9.97. The van der Waals surface area contributed by atoms with Crippen LogP contribution in [0.25, 0.3) is 0 Å². The fraction of sp³-hybridized carbons (Fsp3) is 0.458. The number of hydrogen-bond acceptors (Lipinski definition) is 7. The van der Waals surface area contributed by atoms with E-state index in [0.29, 0.717) is 0 Å². The van der Waals surface area contributed by atoms with Crippen molar-refractivity contribution in [3.63, 3.8) is 0 Å². The van der Waals surface area contributed by atoms with Crippen molar-refractivity contribution in [3.05, 3.63) is 71.8 Å². The molecule has 2 aromatic carbocycles. The fourth-order valence-electron chi connectivity index (χ4n) is 3.79. The molecule has 8 heteroatoms. The van der Waals surface area contributed by atoms with Gasteiger partial charge in [-0.05, 0) is 25.0 Å². The summed E-state index contributed by atoms with van der Waals surface area (Å²) in [5, 5.41) is 13.8. The maximum absolute atomic E-state index is 12.5. The average molecular weight is 443 g/mol. The van der Waals surface area contributed by atoms with E-state index in [4.69, 9.17) is 23.7 Å². The lowest BCUT2D eigenvalue weighted by atomic mass is 9.95. The molecule has 2 N–H and O–H groups in total. The number of nitrogens with one attached hydrogen (secondary N) is 1. The van der Waals surface area contributed by atoms with Gasteiger partial charge in [-0.3, -0.25) is 0 Å². The van der Waals surface area contributed by atoms with E-state index in [1.807, 2.05) is 60.7 Å². The maximum Gasteiger partial charge on any atom is 0.407 e. The molecule has 0 aliphatic carbocycles. The molecule has 2 saturated heterocycles. The molecule has 32 heavy (non-hydrogen) atoms. The number of hydrogen-bond donors (Lipinski definition) is 2. The van der Waals surface area contributed by atoms with Crippen molar-refractivity contribution < 1.29 is 33.6 Å². The molecule has 0 spiro atoms. The maximum atomic E-state index is 12.5. The average Bonchev–Trinajstić information content (AvgIpc) is 2.80. The van der Waals surface area contributed by atoms with Gasteiger partial charge in [0.15, 0.2) is 12.1 Å². The van der Waals surface area contributed by atoms with Crippen LogP contribution < -0.4 is 5.32 Å². The normalized spacial score (nSPS) is 29.0. The number of carbonyl (C=O) groups is 1. The van der Waals surface area contributed by atoms with Crippen molar-refractivity contribution >= 4 is 6.09 Å². The Hall–Kier alpha value is -2.49. The van der Waals surface area contributed by atoms with E-state index in [1.165, 1.54) is 0 Å². The molecule has 1 amide bonds.